The van der Waals surface area contributed by atoms with Crippen molar-refractivity contribution in [2.24, 2.45) is 5.92 Å². The molecular weight excluding hydrogens is 256 g/mol. The van der Waals surface area contributed by atoms with Crippen LogP contribution in [0.4, 0.5) is 5.69 Å². The lowest BCUT2D eigenvalue weighted by molar-refractivity contribution is -0.117. The number of hydrogen-bond donors (Lipinski definition) is 2. The number of anilines is 1. The summed E-state index contributed by atoms with van der Waals surface area (Å²) in [6.07, 6.45) is 1.44. The van der Waals surface area contributed by atoms with E-state index in [0.717, 1.165) is 12.1 Å². The fraction of sp³-hybridized carbons (Fsp3) is 0.467. The van der Waals surface area contributed by atoms with Crippen LogP contribution in [0.15, 0.2) is 24.3 Å². The van der Waals surface area contributed by atoms with Crippen molar-refractivity contribution in [3.8, 4) is 0 Å². The molecule has 1 aliphatic rings. The molecule has 1 fully saturated rings. The van der Waals surface area contributed by atoms with Crippen LogP contribution < -0.4 is 10.2 Å². The van der Waals surface area contributed by atoms with E-state index in [9.17, 15) is 9.59 Å². The molecular formula is C15H20N2O3. The van der Waals surface area contributed by atoms with Crippen LogP contribution in [-0.2, 0) is 4.79 Å². The molecule has 108 valence electrons. The third-order valence-electron chi connectivity index (χ3n) is 3.42. The average Bonchev–Trinajstić information content (AvgIpc) is 2.90. The zero-order chi connectivity index (χ0) is 14.5. The maximum atomic E-state index is 12.0. The molecule has 1 aromatic rings. The third-order valence-corrected chi connectivity index (χ3v) is 3.42. The Morgan fingerprint density at radius 1 is 1.50 bits per heavy atom. The summed E-state index contributed by atoms with van der Waals surface area (Å²) >= 11 is 0. The van der Waals surface area contributed by atoms with Crippen LogP contribution in [0.2, 0.25) is 0 Å². The molecule has 5 heteroatoms. The van der Waals surface area contributed by atoms with Crippen molar-refractivity contribution in [2.45, 2.75) is 19.8 Å². The average molecular weight is 276 g/mol. The molecule has 2 N–H and O–H groups in total. The molecule has 1 heterocycles. The highest BCUT2D eigenvalue weighted by molar-refractivity contribution is 5.99. The van der Waals surface area contributed by atoms with Crippen LogP contribution in [0.1, 0.15) is 30.1 Å². The zero-order valence-corrected chi connectivity index (χ0v) is 11.6. The Kier molecular flexibility index (Phi) is 4.74. The summed E-state index contributed by atoms with van der Waals surface area (Å²) in [5.74, 6) is -0.0439. The summed E-state index contributed by atoms with van der Waals surface area (Å²) in [7, 11) is 0. The van der Waals surface area contributed by atoms with E-state index in [0.29, 0.717) is 25.1 Å². The molecule has 0 radical (unpaired) electrons. The lowest BCUT2D eigenvalue weighted by Gasteiger charge is -2.16. The number of rotatable bonds is 5. The Labute approximate surface area is 118 Å². The largest absolute Gasteiger partial charge is 0.396 e. The van der Waals surface area contributed by atoms with Gasteiger partial charge in [-0.3, -0.25) is 9.59 Å². The highest BCUT2D eigenvalue weighted by Crippen LogP contribution is 2.22. The number of carbonyl (C=O) groups is 2. The van der Waals surface area contributed by atoms with Crippen molar-refractivity contribution >= 4 is 17.5 Å². The van der Waals surface area contributed by atoms with Gasteiger partial charge in [0.15, 0.2) is 0 Å². The first-order valence-electron chi connectivity index (χ1n) is 6.91. The minimum absolute atomic E-state index is 0.0299. The van der Waals surface area contributed by atoms with Crippen molar-refractivity contribution in [3.05, 3.63) is 29.8 Å². The van der Waals surface area contributed by atoms with E-state index < -0.39 is 0 Å². The highest BCUT2D eigenvalue weighted by atomic mass is 16.3. The van der Waals surface area contributed by atoms with Gasteiger partial charge < -0.3 is 15.3 Å². The van der Waals surface area contributed by atoms with Gasteiger partial charge in [0.1, 0.15) is 0 Å². The van der Waals surface area contributed by atoms with Gasteiger partial charge in [-0.15, -0.1) is 0 Å². The minimum Gasteiger partial charge on any atom is -0.396 e. The molecule has 1 aliphatic heterocycles. The smallest absolute Gasteiger partial charge is 0.251 e. The van der Waals surface area contributed by atoms with Crippen molar-refractivity contribution < 1.29 is 14.7 Å². The first kappa shape index (κ1) is 14.5. The van der Waals surface area contributed by atoms with Crippen LogP contribution in [0, 0.1) is 5.92 Å². The number of carbonyl (C=O) groups excluding carboxylic acids is 2. The van der Waals surface area contributed by atoms with Gasteiger partial charge in [0.25, 0.3) is 5.91 Å². The molecule has 5 nitrogen and oxygen atoms in total. The number of benzene rings is 1. The summed E-state index contributed by atoms with van der Waals surface area (Å²) < 4.78 is 0. The molecule has 0 spiro atoms. The van der Waals surface area contributed by atoms with E-state index in [1.54, 1.807) is 23.1 Å². The Bertz CT molecular complexity index is 502. The van der Waals surface area contributed by atoms with E-state index in [2.05, 4.69) is 5.32 Å². The van der Waals surface area contributed by atoms with Crippen molar-refractivity contribution in [2.75, 3.05) is 24.6 Å². The monoisotopic (exact) mass is 276 g/mol. The molecule has 0 aromatic heterocycles. The Balaban J connectivity index is 2.05. The Morgan fingerprint density at radius 2 is 2.30 bits per heavy atom. The van der Waals surface area contributed by atoms with Gasteiger partial charge in [-0.2, -0.15) is 0 Å². The van der Waals surface area contributed by atoms with Crippen LogP contribution in [0.25, 0.3) is 0 Å². The number of amides is 2. The normalized spacial score (nSPS) is 16.3. The molecule has 0 bridgehead atoms. The molecule has 0 saturated carbocycles. The zero-order valence-electron chi connectivity index (χ0n) is 11.6. The predicted octanol–water partition coefficient (Wildman–Crippen LogP) is 1.17. The van der Waals surface area contributed by atoms with Gasteiger partial charge in [0, 0.05) is 37.4 Å². The third kappa shape index (κ3) is 3.36. The number of aliphatic hydroxyl groups is 1. The van der Waals surface area contributed by atoms with Gasteiger partial charge >= 0.3 is 0 Å². The predicted molar refractivity (Wildman–Crippen MR) is 76.6 cm³/mol. The van der Waals surface area contributed by atoms with E-state index in [-0.39, 0.29) is 24.3 Å². The number of nitrogens with zero attached hydrogens (tertiary/aromatic N) is 1. The molecule has 1 saturated heterocycles. The lowest BCUT2D eigenvalue weighted by Crippen LogP contribution is -2.30. The summed E-state index contributed by atoms with van der Waals surface area (Å²) in [4.78, 5) is 25.4. The quantitative estimate of drug-likeness (QED) is 0.848. The molecule has 1 atom stereocenters. The number of nitrogens with one attached hydrogen (secondary N) is 1. The van der Waals surface area contributed by atoms with Crippen molar-refractivity contribution in [3.63, 3.8) is 0 Å². The number of aliphatic hydroxyl groups excluding tert-OH is 1. The van der Waals surface area contributed by atoms with Gasteiger partial charge in [-0.05, 0) is 30.5 Å². The molecule has 1 unspecified atom stereocenters. The van der Waals surface area contributed by atoms with Crippen molar-refractivity contribution in [1.82, 2.24) is 5.32 Å². The standard InChI is InChI=1S/C15H20N2O3/c1-11(10-18)9-16-15(20)12-4-2-5-13(8-12)17-7-3-6-14(17)19/h2,4-5,8,11,18H,3,6-7,9-10H2,1H3,(H,16,20). The summed E-state index contributed by atoms with van der Waals surface area (Å²) in [6.45, 7) is 3.05. The second-order valence-electron chi connectivity index (χ2n) is 5.20. The first-order valence-corrected chi connectivity index (χ1v) is 6.91. The molecule has 2 amide bonds. The Morgan fingerprint density at radius 3 is 2.95 bits per heavy atom. The SMILES string of the molecule is CC(CO)CNC(=O)c1cccc(N2CCCC2=O)c1. The van der Waals surface area contributed by atoms with Crippen LogP contribution in [-0.4, -0.2) is 36.6 Å². The Hall–Kier alpha value is -1.88. The summed E-state index contributed by atoms with van der Waals surface area (Å²) in [5.41, 5.74) is 1.31. The summed E-state index contributed by atoms with van der Waals surface area (Å²) in [5, 5.41) is 11.7. The van der Waals surface area contributed by atoms with E-state index in [1.807, 2.05) is 13.0 Å². The molecule has 20 heavy (non-hydrogen) atoms. The van der Waals surface area contributed by atoms with Gasteiger partial charge in [0.2, 0.25) is 5.91 Å². The highest BCUT2D eigenvalue weighted by Gasteiger charge is 2.22. The fourth-order valence-electron chi connectivity index (χ4n) is 2.17. The molecule has 0 aliphatic carbocycles. The van der Waals surface area contributed by atoms with Crippen LogP contribution in [0.5, 0.6) is 0 Å². The van der Waals surface area contributed by atoms with E-state index in [1.165, 1.54) is 0 Å². The lowest BCUT2D eigenvalue weighted by atomic mass is 10.1. The topological polar surface area (TPSA) is 69.6 Å². The minimum atomic E-state index is -0.182. The maximum Gasteiger partial charge on any atom is 0.251 e. The van der Waals surface area contributed by atoms with Gasteiger partial charge in [-0.1, -0.05) is 13.0 Å². The van der Waals surface area contributed by atoms with Gasteiger partial charge in [0.05, 0.1) is 0 Å². The van der Waals surface area contributed by atoms with Crippen molar-refractivity contribution in [1.29, 1.82) is 0 Å². The maximum absolute atomic E-state index is 12.0. The first-order chi connectivity index (χ1) is 9.61. The summed E-state index contributed by atoms with van der Waals surface area (Å²) in [6, 6.07) is 7.09. The second kappa shape index (κ2) is 6.52. The number of hydrogen-bond acceptors (Lipinski definition) is 3. The van der Waals surface area contributed by atoms with E-state index in [4.69, 9.17) is 5.11 Å². The van der Waals surface area contributed by atoms with Crippen LogP contribution >= 0.6 is 0 Å². The molecule has 2 rings (SSSR count). The molecule has 1 aromatic carbocycles. The van der Waals surface area contributed by atoms with E-state index >= 15 is 0 Å². The fourth-order valence-corrected chi connectivity index (χ4v) is 2.17. The van der Waals surface area contributed by atoms with Gasteiger partial charge in [-0.25, -0.2) is 0 Å². The van der Waals surface area contributed by atoms with Crippen LogP contribution in [0.3, 0.4) is 0 Å². The second-order valence-corrected chi connectivity index (χ2v) is 5.20.